The topological polar surface area (TPSA) is 3.24 Å². The second kappa shape index (κ2) is 2.05. The fraction of sp³-hybridized carbons (Fsp3) is 1.00. The molecular weight excluding hydrogens is 145 g/mol. The molecule has 0 N–H and O–H groups in total. The van der Waals surface area contributed by atoms with Gasteiger partial charge in [-0.25, -0.2) is 0 Å². The smallest absolute Gasteiger partial charge is 0.171 e. The van der Waals surface area contributed by atoms with Gasteiger partial charge in [0.1, 0.15) is 0 Å². The van der Waals surface area contributed by atoms with Crippen molar-refractivity contribution in [3.63, 3.8) is 0 Å². The molecule has 0 unspecified atom stereocenters. The Bertz CT molecular complexity index is 92.4. The van der Waals surface area contributed by atoms with Crippen LogP contribution < -0.4 is 0 Å². The maximum atomic E-state index is 5.81. The number of halogens is 2. The van der Waals surface area contributed by atoms with Gasteiger partial charge in [0.25, 0.3) is 0 Å². The molecule has 1 heterocycles. The van der Waals surface area contributed by atoms with Crippen molar-refractivity contribution in [3.05, 3.63) is 0 Å². The summed E-state index contributed by atoms with van der Waals surface area (Å²) in [4.78, 5) is 1.95. The van der Waals surface area contributed by atoms with Crippen LogP contribution in [0.4, 0.5) is 0 Å². The summed E-state index contributed by atoms with van der Waals surface area (Å²) in [5.41, 5.74) is 0. The molecule has 0 atom stereocenters. The van der Waals surface area contributed by atoms with Crippen LogP contribution in [0.1, 0.15) is 12.8 Å². The first kappa shape index (κ1) is 6.66. The number of likely N-dealkylation sites (tertiary alicyclic amines) is 1. The molecule has 0 aromatic carbocycles. The van der Waals surface area contributed by atoms with E-state index in [1.807, 2.05) is 11.9 Å². The number of nitrogens with zero attached hydrogens (tertiary/aromatic N) is 1. The van der Waals surface area contributed by atoms with E-state index in [4.69, 9.17) is 23.2 Å². The van der Waals surface area contributed by atoms with E-state index in [1.165, 1.54) is 0 Å². The first-order valence-electron chi connectivity index (χ1n) is 2.72. The van der Waals surface area contributed by atoms with Crippen LogP contribution in [0.2, 0.25) is 0 Å². The normalized spacial score (nSPS) is 28.9. The van der Waals surface area contributed by atoms with E-state index in [0.29, 0.717) is 0 Å². The third kappa shape index (κ3) is 1.09. The second-order valence-corrected chi connectivity index (χ2v) is 3.63. The quantitative estimate of drug-likeness (QED) is 0.380. The molecule has 1 saturated heterocycles. The molecule has 3 heteroatoms. The van der Waals surface area contributed by atoms with Crippen molar-refractivity contribution in [1.29, 1.82) is 0 Å². The van der Waals surface area contributed by atoms with Gasteiger partial charge in [-0.15, -0.1) is 0 Å². The van der Waals surface area contributed by atoms with E-state index in [9.17, 15) is 0 Å². The first-order chi connectivity index (χ1) is 3.63. The SMILES string of the molecule is CN1CCCC1(Cl)Cl. The van der Waals surface area contributed by atoms with Crippen molar-refractivity contribution in [2.45, 2.75) is 17.3 Å². The maximum absolute atomic E-state index is 5.81. The molecule has 0 aromatic heterocycles. The van der Waals surface area contributed by atoms with Crippen LogP contribution in [0.25, 0.3) is 0 Å². The highest BCUT2D eigenvalue weighted by molar-refractivity contribution is 6.48. The summed E-state index contributed by atoms with van der Waals surface area (Å²) in [6, 6.07) is 0. The Morgan fingerprint density at radius 2 is 2.12 bits per heavy atom. The molecular formula is C5H9Cl2N. The van der Waals surface area contributed by atoms with Crippen molar-refractivity contribution in [3.8, 4) is 0 Å². The number of alkyl halides is 2. The number of rotatable bonds is 0. The molecule has 1 nitrogen and oxygen atoms in total. The van der Waals surface area contributed by atoms with Crippen LogP contribution in [0.5, 0.6) is 0 Å². The van der Waals surface area contributed by atoms with Gasteiger partial charge in [-0.05, 0) is 19.9 Å². The third-order valence-electron chi connectivity index (χ3n) is 1.53. The molecule has 0 amide bonds. The molecule has 1 rings (SSSR count). The van der Waals surface area contributed by atoms with E-state index in [1.54, 1.807) is 0 Å². The van der Waals surface area contributed by atoms with E-state index in [-0.39, 0.29) is 0 Å². The molecule has 0 aromatic rings. The van der Waals surface area contributed by atoms with Crippen molar-refractivity contribution in [1.82, 2.24) is 4.90 Å². The van der Waals surface area contributed by atoms with Crippen LogP contribution in [0.15, 0.2) is 0 Å². The molecule has 0 saturated carbocycles. The van der Waals surface area contributed by atoms with Crippen molar-refractivity contribution in [2.75, 3.05) is 13.6 Å². The number of hydrogen-bond donors (Lipinski definition) is 0. The lowest BCUT2D eigenvalue weighted by Gasteiger charge is -2.20. The molecule has 8 heavy (non-hydrogen) atoms. The molecule has 0 radical (unpaired) electrons. The van der Waals surface area contributed by atoms with Crippen molar-refractivity contribution in [2.24, 2.45) is 0 Å². The van der Waals surface area contributed by atoms with E-state index >= 15 is 0 Å². The summed E-state index contributed by atoms with van der Waals surface area (Å²) < 4.78 is -0.569. The predicted octanol–water partition coefficient (Wildman–Crippen LogP) is 1.84. The van der Waals surface area contributed by atoms with Gasteiger partial charge in [0.05, 0.1) is 0 Å². The van der Waals surface area contributed by atoms with Crippen LogP contribution >= 0.6 is 23.2 Å². The highest BCUT2D eigenvalue weighted by Gasteiger charge is 2.33. The molecule has 1 aliphatic rings. The van der Waals surface area contributed by atoms with E-state index in [0.717, 1.165) is 19.4 Å². The molecule has 1 fully saturated rings. The minimum atomic E-state index is -0.569. The van der Waals surface area contributed by atoms with Gasteiger partial charge in [0.15, 0.2) is 4.46 Å². The Morgan fingerprint density at radius 3 is 2.25 bits per heavy atom. The lowest BCUT2D eigenvalue weighted by atomic mass is 10.4. The fourth-order valence-corrected chi connectivity index (χ4v) is 1.32. The highest BCUT2D eigenvalue weighted by Crippen LogP contribution is 2.35. The van der Waals surface area contributed by atoms with E-state index in [2.05, 4.69) is 0 Å². The standard InChI is InChI=1S/C5H9Cl2N/c1-8-4-2-3-5(8,6)7/h2-4H2,1H3. The summed E-state index contributed by atoms with van der Waals surface area (Å²) in [6.45, 7) is 1.02. The first-order valence-corrected chi connectivity index (χ1v) is 3.47. The Labute approximate surface area is 59.6 Å². The van der Waals surface area contributed by atoms with Crippen molar-refractivity contribution < 1.29 is 0 Å². The van der Waals surface area contributed by atoms with Crippen LogP contribution in [-0.2, 0) is 0 Å². The van der Waals surface area contributed by atoms with Crippen LogP contribution in [0.3, 0.4) is 0 Å². The molecule has 48 valence electrons. The summed E-state index contributed by atoms with van der Waals surface area (Å²) in [5.74, 6) is 0. The van der Waals surface area contributed by atoms with Crippen molar-refractivity contribution >= 4 is 23.2 Å². The van der Waals surface area contributed by atoms with Gasteiger partial charge in [-0.3, -0.25) is 4.90 Å². The zero-order chi connectivity index (χ0) is 6.20. The lowest BCUT2D eigenvalue weighted by molar-refractivity contribution is 0.351. The van der Waals surface area contributed by atoms with Gasteiger partial charge < -0.3 is 0 Å². The zero-order valence-corrected chi connectivity index (χ0v) is 6.34. The molecule has 1 aliphatic heterocycles. The average molecular weight is 154 g/mol. The Balaban J connectivity index is 2.54. The maximum Gasteiger partial charge on any atom is 0.171 e. The van der Waals surface area contributed by atoms with Crippen LogP contribution in [-0.4, -0.2) is 22.9 Å². The van der Waals surface area contributed by atoms with E-state index < -0.39 is 4.46 Å². The van der Waals surface area contributed by atoms with Gasteiger partial charge >= 0.3 is 0 Å². The number of hydrogen-bond acceptors (Lipinski definition) is 1. The Hall–Kier alpha value is 0.540. The second-order valence-electron chi connectivity index (χ2n) is 2.19. The van der Waals surface area contributed by atoms with Gasteiger partial charge in [0, 0.05) is 6.54 Å². The Morgan fingerprint density at radius 1 is 1.50 bits per heavy atom. The largest absolute Gasteiger partial charge is 0.276 e. The lowest BCUT2D eigenvalue weighted by Crippen LogP contribution is -2.28. The minimum Gasteiger partial charge on any atom is -0.276 e. The summed E-state index contributed by atoms with van der Waals surface area (Å²) in [6.07, 6.45) is 2.01. The summed E-state index contributed by atoms with van der Waals surface area (Å²) in [5, 5.41) is 0. The summed E-state index contributed by atoms with van der Waals surface area (Å²) >= 11 is 11.6. The predicted molar refractivity (Wildman–Crippen MR) is 36.3 cm³/mol. The third-order valence-corrected chi connectivity index (χ3v) is 2.48. The molecule has 0 aliphatic carbocycles. The average Bonchev–Trinajstić information content (AvgIpc) is 1.86. The van der Waals surface area contributed by atoms with Crippen LogP contribution in [0, 0.1) is 0 Å². The molecule has 0 bridgehead atoms. The van der Waals surface area contributed by atoms with Gasteiger partial charge in [0.2, 0.25) is 0 Å². The summed E-state index contributed by atoms with van der Waals surface area (Å²) in [7, 11) is 1.94. The molecule has 0 spiro atoms. The highest BCUT2D eigenvalue weighted by atomic mass is 35.5. The fourth-order valence-electron chi connectivity index (χ4n) is 0.883. The van der Waals surface area contributed by atoms with Gasteiger partial charge in [-0.1, -0.05) is 23.2 Å². The van der Waals surface area contributed by atoms with Gasteiger partial charge in [-0.2, -0.15) is 0 Å². The minimum absolute atomic E-state index is 0.569. The zero-order valence-electron chi connectivity index (χ0n) is 4.82. The monoisotopic (exact) mass is 153 g/mol. The Kier molecular flexibility index (Phi) is 1.71.